The van der Waals surface area contributed by atoms with Gasteiger partial charge in [0.2, 0.25) is 5.91 Å². The van der Waals surface area contributed by atoms with Crippen LogP contribution in [0.5, 0.6) is 0 Å². The summed E-state index contributed by atoms with van der Waals surface area (Å²) in [6, 6.07) is 0. The molecule has 1 amide bonds. The van der Waals surface area contributed by atoms with Crippen molar-refractivity contribution < 1.29 is 4.79 Å². The molecule has 1 heterocycles. The number of aromatic amines is 1. The van der Waals surface area contributed by atoms with Crippen molar-refractivity contribution in [1.29, 1.82) is 0 Å². The van der Waals surface area contributed by atoms with E-state index in [-0.39, 0.29) is 11.8 Å². The van der Waals surface area contributed by atoms with Gasteiger partial charge >= 0.3 is 0 Å². The summed E-state index contributed by atoms with van der Waals surface area (Å²) in [5.74, 6) is 0.958. The number of hydrogen-bond donors (Lipinski definition) is 3. The molecule has 1 unspecified atom stereocenters. The number of amides is 1. The molecule has 0 aliphatic carbocycles. The van der Waals surface area contributed by atoms with Crippen molar-refractivity contribution in [2.75, 3.05) is 13.1 Å². The number of aromatic nitrogens is 2. The predicted octanol–water partition coefficient (Wildman–Crippen LogP) is 1.08. The number of nitrogens with one attached hydrogen (secondary N) is 2. The SMILES string of the molecule is CC(C)CC(CN)CC(=O)NCCc1cnc[nH]1. The van der Waals surface area contributed by atoms with Crippen LogP contribution in [0.15, 0.2) is 12.5 Å². The summed E-state index contributed by atoms with van der Waals surface area (Å²) in [5.41, 5.74) is 6.72. The van der Waals surface area contributed by atoms with Gasteiger partial charge in [0.1, 0.15) is 0 Å². The maximum absolute atomic E-state index is 11.7. The Hall–Kier alpha value is -1.36. The fourth-order valence-corrected chi connectivity index (χ4v) is 2.02. The van der Waals surface area contributed by atoms with Crippen LogP contribution >= 0.6 is 0 Å². The lowest BCUT2D eigenvalue weighted by Crippen LogP contribution is -2.30. The summed E-state index contributed by atoms with van der Waals surface area (Å²) in [6.45, 7) is 5.52. The number of nitrogens with two attached hydrogens (primary N) is 1. The highest BCUT2D eigenvalue weighted by Gasteiger charge is 2.13. The molecule has 0 aromatic carbocycles. The van der Waals surface area contributed by atoms with Crippen LogP contribution < -0.4 is 11.1 Å². The van der Waals surface area contributed by atoms with Crippen LogP contribution in [0.1, 0.15) is 32.4 Å². The Balaban J connectivity index is 2.19. The molecule has 0 aliphatic rings. The number of nitrogens with zero attached hydrogens (tertiary/aromatic N) is 1. The third kappa shape index (κ3) is 5.82. The Morgan fingerprint density at radius 2 is 2.33 bits per heavy atom. The van der Waals surface area contributed by atoms with Crippen LogP contribution in [0.2, 0.25) is 0 Å². The number of carbonyl (C=O) groups is 1. The zero-order valence-corrected chi connectivity index (χ0v) is 11.3. The quantitative estimate of drug-likeness (QED) is 0.647. The van der Waals surface area contributed by atoms with Gasteiger partial charge in [-0.1, -0.05) is 13.8 Å². The number of H-pyrrole nitrogens is 1. The van der Waals surface area contributed by atoms with Crippen molar-refractivity contribution >= 4 is 5.91 Å². The van der Waals surface area contributed by atoms with E-state index in [9.17, 15) is 4.79 Å². The molecule has 5 heteroatoms. The summed E-state index contributed by atoms with van der Waals surface area (Å²) in [6.07, 6.45) is 5.73. The van der Waals surface area contributed by atoms with Gasteiger partial charge in [0.25, 0.3) is 0 Å². The van der Waals surface area contributed by atoms with Crippen molar-refractivity contribution in [1.82, 2.24) is 15.3 Å². The lowest BCUT2D eigenvalue weighted by molar-refractivity contribution is -0.122. The van der Waals surface area contributed by atoms with Gasteiger partial charge in [-0.05, 0) is 24.8 Å². The Kier molecular flexibility index (Phi) is 6.43. The summed E-state index contributed by atoms with van der Waals surface area (Å²) in [7, 11) is 0. The van der Waals surface area contributed by atoms with Crippen molar-refractivity contribution in [3.8, 4) is 0 Å². The zero-order valence-electron chi connectivity index (χ0n) is 11.3. The molecular formula is C13H24N4O. The topological polar surface area (TPSA) is 83.8 Å². The van der Waals surface area contributed by atoms with Crippen molar-refractivity contribution in [3.05, 3.63) is 18.2 Å². The molecule has 0 bridgehead atoms. The second-order valence-electron chi connectivity index (χ2n) is 5.11. The van der Waals surface area contributed by atoms with E-state index in [2.05, 4.69) is 29.1 Å². The van der Waals surface area contributed by atoms with Crippen molar-refractivity contribution in [2.24, 2.45) is 17.6 Å². The molecule has 102 valence electrons. The van der Waals surface area contributed by atoms with Crippen molar-refractivity contribution in [3.63, 3.8) is 0 Å². The van der Waals surface area contributed by atoms with E-state index in [0.29, 0.717) is 25.4 Å². The monoisotopic (exact) mass is 252 g/mol. The van der Waals surface area contributed by atoms with Gasteiger partial charge in [-0.25, -0.2) is 4.98 Å². The first kappa shape index (κ1) is 14.7. The lowest BCUT2D eigenvalue weighted by atomic mass is 9.94. The molecule has 0 saturated heterocycles. The van der Waals surface area contributed by atoms with Crippen LogP contribution in [0.3, 0.4) is 0 Å². The average molecular weight is 252 g/mol. The highest BCUT2D eigenvalue weighted by atomic mass is 16.1. The van der Waals surface area contributed by atoms with E-state index in [1.54, 1.807) is 12.5 Å². The number of imidazole rings is 1. The van der Waals surface area contributed by atoms with Gasteiger partial charge < -0.3 is 16.0 Å². The molecule has 0 spiro atoms. The number of carbonyl (C=O) groups excluding carboxylic acids is 1. The van der Waals surface area contributed by atoms with Crippen LogP contribution in [0, 0.1) is 11.8 Å². The van der Waals surface area contributed by atoms with E-state index in [1.165, 1.54) is 0 Å². The molecule has 5 nitrogen and oxygen atoms in total. The lowest BCUT2D eigenvalue weighted by Gasteiger charge is -2.16. The number of hydrogen-bond acceptors (Lipinski definition) is 3. The fourth-order valence-electron chi connectivity index (χ4n) is 2.02. The minimum Gasteiger partial charge on any atom is -0.356 e. The van der Waals surface area contributed by atoms with E-state index in [1.807, 2.05) is 0 Å². The molecule has 0 saturated carbocycles. The average Bonchev–Trinajstić information content (AvgIpc) is 2.80. The minimum absolute atomic E-state index is 0.0885. The maximum atomic E-state index is 11.7. The van der Waals surface area contributed by atoms with Gasteiger partial charge in [0, 0.05) is 31.3 Å². The second-order valence-corrected chi connectivity index (χ2v) is 5.11. The van der Waals surface area contributed by atoms with Crippen LogP contribution in [0.4, 0.5) is 0 Å². The zero-order chi connectivity index (χ0) is 13.4. The van der Waals surface area contributed by atoms with Gasteiger partial charge in [0.05, 0.1) is 6.33 Å². The summed E-state index contributed by atoms with van der Waals surface area (Å²) in [5, 5.41) is 2.92. The molecule has 1 aromatic rings. The van der Waals surface area contributed by atoms with Crippen LogP contribution in [-0.2, 0) is 11.2 Å². The Morgan fingerprint density at radius 3 is 2.89 bits per heavy atom. The second kappa shape index (κ2) is 7.87. The normalized spacial score (nSPS) is 12.7. The molecule has 4 N–H and O–H groups in total. The Morgan fingerprint density at radius 1 is 1.56 bits per heavy atom. The summed E-state index contributed by atoms with van der Waals surface area (Å²) in [4.78, 5) is 18.7. The molecule has 1 atom stereocenters. The molecular weight excluding hydrogens is 228 g/mol. The Labute approximate surface area is 109 Å². The smallest absolute Gasteiger partial charge is 0.220 e. The highest BCUT2D eigenvalue weighted by Crippen LogP contribution is 2.13. The van der Waals surface area contributed by atoms with E-state index >= 15 is 0 Å². The molecule has 0 aliphatic heterocycles. The third-order valence-corrected chi connectivity index (χ3v) is 2.88. The van der Waals surface area contributed by atoms with Crippen LogP contribution in [-0.4, -0.2) is 29.0 Å². The van der Waals surface area contributed by atoms with E-state index < -0.39 is 0 Å². The van der Waals surface area contributed by atoms with Crippen LogP contribution in [0.25, 0.3) is 0 Å². The van der Waals surface area contributed by atoms with Gasteiger partial charge in [0.15, 0.2) is 0 Å². The third-order valence-electron chi connectivity index (χ3n) is 2.88. The van der Waals surface area contributed by atoms with Crippen molar-refractivity contribution in [2.45, 2.75) is 33.1 Å². The summed E-state index contributed by atoms with van der Waals surface area (Å²) < 4.78 is 0. The summed E-state index contributed by atoms with van der Waals surface area (Å²) >= 11 is 0. The standard InChI is InChI=1S/C13H24N4O/c1-10(2)5-11(7-14)6-13(18)16-4-3-12-8-15-9-17-12/h8-11H,3-7,14H2,1-2H3,(H,15,17)(H,16,18). The molecule has 0 fully saturated rings. The molecule has 18 heavy (non-hydrogen) atoms. The first-order valence-corrected chi connectivity index (χ1v) is 6.55. The van der Waals surface area contributed by atoms with Gasteiger partial charge in [-0.2, -0.15) is 0 Å². The van der Waals surface area contributed by atoms with E-state index in [0.717, 1.165) is 18.5 Å². The predicted molar refractivity (Wildman–Crippen MR) is 71.9 cm³/mol. The highest BCUT2D eigenvalue weighted by molar-refractivity contribution is 5.76. The molecule has 0 radical (unpaired) electrons. The molecule has 1 aromatic heterocycles. The molecule has 1 rings (SSSR count). The Bertz CT molecular complexity index is 335. The van der Waals surface area contributed by atoms with E-state index in [4.69, 9.17) is 5.73 Å². The first-order valence-electron chi connectivity index (χ1n) is 6.55. The number of rotatable bonds is 8. The van der Waals surface area contributed by atoms with Gasteiger partial charge in [-0.3, -0.25) is 4.79 Å². The fraction of sp³-hybridized carbons (Fsp3) is 0.692. The minimum atomic E-state index is 0.0885. The maximum Gasteiger partial charge on any atom is 0.220 e. The largest absolute Gasteiger partial charge is 0.356 e. The first-order chi connectivity index (χ1) is 8.61. The van der Waals surface area contributed by atoms with Gasteiger partial charge in [-0.15, -0.1) is 0 Å².